The second-order valence-electron chi connectivity index (χ2n) is 5.36. The zero-order chi connectivity index (χ0) is 11.2. The van der Waals surface area contributed by atoms with Crippen LogP contribution in [0.25, 0.3) is 0 Å². The van der Waals surface area contributed by atoms with Gasteiger partial charge in [-0.05, 0) is 38.1 Å². The SMILES string of the molecule is NC1CCCCCC1CNCC1CCCO1. The fourth-order valence-corrected chi connectivity index (χ4v) is 2.90. The smallest absolute Gasteiger partial charge is 0.0700 e. The van der Waals surface area contributed by atoms with Gasteiger partial charge < -0.3 is 15.8 Å². The van der Waals surface area contributed by atoms with Crippen molar-refractivity contribution in [2.24, 2.45) is 11.7 Å². The van der Waals surface area contributed by atoms with Crippen LogP contribution in [-0.4, -0.2) is 31.8 Å². The zero-order valence-electron chi connectivity index (χ0n) is 10.3. The van der Waals surface area contributed by atoms with Gasteiger partial charge in [0.15, 0.2) is 0 Å². The Morgan fingerprint density at radius 3 is 2.69 bits per heavy atom. The van der Waals surface area contributed by atoms with E-state index in [1.54, 1.807) is 0 Å². The summed E-state index contributed by atoms with van der Waals surface area (Å²) in [5.41, 5.74) is 6.20. The minimum absolute atomic E-state index is 0.416. The molecule has 3 nitrogen and oxygen atoms in total. The van der Waals surface area contributed by atoms with Crippen LogP contribution in [-0.2, 0) is 4.74 Å². The molecular formula is C13H26N2O. The molecule has 1 aliphatic carbocycles. The van der Waals surface area contributed by atoms with Crippen molar-refractivity contribution >= 4 is 0 Å². The normalized spacial score (nSPS) is 36.2. The average molecular weight is 226 g/mol. The standard InChI is InChI=1S/C13H26N2O/c14-13-7-3-1-2-5-11(13)9-15-10-12-6-4-8-16-12/h11-13,15H,1-10,14H2. The van der Waals surface area contributed by atoms with Crippen LogP contribution in [0.4, 0.5) is 0 Å². The van der Waals surface area contributed by atoms with Gasteiger partial charge in [-0.2, -0.15) is 0 Å². The lowest BCUT2D eigenvalue weighted by Crippen LogP contribution is -2.38. The summed E-state index contributed by atoms with van der Waals surface area (Å²) >= 11 is 0. The molecule has 3 N–H and O–H groups in total. The molecule has 3 heteroatoms. The van der Waals surface area contributed by atoms with Crippen LogP contribution in [0.5, 0.6) is 0 Å². The fourth-order valence-electron chi connectivity index (χ4n) is 2.90. The molecule has 0 aromatic carbocycles. The molecule has 0 amide bonds. The van der Waals surface area contributed by atoms with Crippen molar-refractivity contribution in [3.8, 4) is 0 Å². The fraction of sp³-hybridized carbons (Fsp3) is 1.00. The molecule has 0 aromatic rings. The monoisotopic (exact) mass is 226 g/mol. The summed E-state index contributed by atoms with van der Waals surface area (Å²) in [7, 11) is 0. The van der Waals surface area contributed by atoms with E-state index >= 15 is 0 Å². The van der Waals surface area contributed by atoms with Crippen molar-refractivity contribution in [3.63, 3.8) is 0 Å². The van der Waals surface area contributed by atoms with E-state index in [4.69, 9.17) is 10.5 Å². The Hall–Kier alpha value is -0.120. The van der Waals surface area contributed by atoms with Gasteiger partial charge in [-0.25, -0.2) is 0 Å². The minimum Gasteiger partial charge on any atom is -0.377 e. The van der Waals surface area contributed by atoms with Crippen LogP contribution < -0.4 is 11.1 Å². The molecule has 2 aliphatic rings. The number of ether oxygens (including phenoxy) is 1. The van der Waals surface area contributed by atoms with Gasteiger partial charge >= 0.3 is 0 Å². The van der Waals surface area contributed by atoms with Crippen LogP contribution >= 0.6 is 0 Å². The highest BCUT2D eigenvalue weighted by molar-refractivity contribution is 4.79. The van der Waals surface area contributed by atoms with Crippen LogP contribution in [0.2, 0.25) is 0 Å². The molecule has 1 heterocycles. The number of hydrogen-bond acceptors (Lipinski definition) is 3. The summed E-state index contributed by atoms with van der Waals surface area (Å²) in [5.74, 6) is 0.684. The molecule has 16 heavy (non-hydrogen) atoms. The third-order valence-electron chi connectivity index (χ3n) is 4.02. The van der Waals surface area contributed by atoms with Crippen LogP contribution in [0, 0.1) is 5.92 Å². The first-order valence-corrected chi connectivity index (χ1v) is 6.94. The summed E-state index contributed by atoms with van der Waals surface area (Å²) in [6.07, 6.45) is 9.49. The highest BCUT2D eigenvalue weighted by Crippen LogP contribution is 2.21. The Morgan fingerprint density at radius 1 is 1.00 bits per heavy atom. The molecule has 1 saturated carbocycles. The second kappa shape index (κ2) is 6.58. The van der Waals surface area contributed by atoms with E-state index < -0.39 is 0 Å². The Bertz CT molecular complexity index is 192. The molecule has 0 spiro atoms. The maximum absolute atomic E-state index is 6.20. The average Bonchev–Trinajstić information content (AvgIpc) is 2.71. The first-order chi connectivity index (χ1) is 7.86. The first-order valence-electron chi connectivity index (χ1n) is 6.94. The summed E-state index contributed by atoms with van der Waals surface area (Å²) < 4.78 is 5.60. The molecule has 1 saturated heterocycles. The summed E-state index contributed by atoms with van der Waals surface area (Å²) in [5, 5.41) is 3.55. The summed E-state index contributed by atoms with van der Waals surface area (Å²) in [6, 6.07) is 0.416. The molecule has 0 bridgehead atoms. The van der Waals surface area contributed by atoms with E-state index in [1.165, 1.54) is 44.9 Å². The van der Waals surface area contributed by atoms with E-state index in [0.29, 0.717) is 18.1 Å². The molecular weight excluding hydrogens is 200 g/mol. The highest BCUT2D eigenvalue weighted by Gasteiger charge is 2.21. The maximum Gasteiger partial charge on any atom is 0.0700 e. The molecule has 2 rings (SSSR count). The topological polar surface area (TPSA) is 47.3 Å². The van der Waals surface area contributed by atoms with Crippen LogP contribution in [0.15, 0.2) is 0 Å². The molecule has 3 atom stereocenters. The van der Waals surface area contributed by atoms with E-state index in [-0.39, 0.29) is 0 Å². The summed E-state index contributed by atoms with van der Waals surface area (Å²) in [4.78, 5) is 0. The van der Waals surface area contributed by atoms with Gasteiger partial charge in [0.1, 0.15) is 0 Å². The largest absolute Gasteiger partial charge is 0.377 e. The van der Waals surface area contributed by atoms with Gasteiger partial charge in [-0.1, -0.05) is 19.3 Å². The third kappa shape index (κ3) is 3.72. The lowest BCUT2D eigenvalue weighted by Gasteiger charge is -2.22. The molecule has 94 valence electrons. The van der Waals surface area contributed by atoms with Crippen molar-refractivity contribution in [2.45, 2.75) is 57.1 Å². The lowest BCUT2D eigenvalue weighted by molar-refractivity contribution is 0.108. The van der Waals surface area contributed by atoms with Crippen molar-refractivity contribution in [1.82, 2.24) is 5.32 Å². The van der Waals surface area contributed by atoms with E-state index in [2.05, 4.69) is 5.32 Å². The number of nitrogens with two attached hydrogens (primary N) is 1. The van der Waals surface area contributed by atoms with Gasteiger partial charge in [0, 0.05) is 19.2 Å². The van der Waals surface area contributed by atoms with Crippen molar-refractivity contribution in [1.29, 1.82) is 0 Å². The van der Waals surface area contributed by atoms with Gasteiger partial charge in [-0.15, -0.1) is 0 Å². The molecule has 3 unspecified atom stereocenters. The van der Waals surface area contributed by atoms with E-state index in [9.17, 15) is 0 Å². The van der Waals surface area contributed by atoms with Crippen LogP contribution in [0.3, 0.4) is 0 Å². The second-order valence-corrected chi connectivity index (χ2v) is 5.36. The molecule has 1 aliphatic heterocycles. The third-order valence-corrected chi connectivity index (χ3v) is 4.02. The minimum atomic E-state index is 0.416. The lowest BCUT2D eigenvalue weighted by atomic mass is 9.95. The number of nitrogens with one attached hydrogen (secondary N) is 1. The predicted octanol–water partition coefficient (Wildman–Crippen LogP) is 1.66. The van der Waals surface area contributed by atoms with Gasteiger partial charge in [0.2, 0.25) is 0 Å². The molecule has 0 radical (unpaired) electrons. The predicted molar refractivity (Wildman–Crippen MR) is 66.4 cm³/mol. The first kappa shape index (κ1) is 12.3. The number of rotatable bonds is 4. The molecule has 2 fully saturated rings. The van der Waals surface area contributed by atoms with Crippen molar-refractivity contribution < 1.29 is 4.74 Å². The maximum atomic E-state index is 6.20. The molecule has 0 aromatic heterocycles. The quantitative estimate of drug-likeness (QED) is 0.717. The van der Waals surface area contributed by atoms with E-state index in [0.717, 1.165) is 19.7 Å². The van der Waals surface area contributed by atoms with Gasteiger partial charge in [-0.3, -0.25) is 0 Å². The van der Waals surface area contributed by atoms with E-state index in [1.807, 2.05) is 0 Å². The van der Waals surface area contributed by atoms with Gasteiger partial charge in [0.25, 0.3) is 0 Å². The Morgan fingerprint density at radius 2 is 1.88 bits per heavy atom. The Kier molecular flexibility index (Phi) is 5.07. The Balaban J connectivity index is 1.63. The Labute approximate surface area is 99.1 Å². The van der Waals surface area contributed by atoms with Crippen molar-refractivity contribution in [2.75, 3.05) is 19.7 Å². The van der Waals surface area contributed by atoms with Gasteiger partial charge in [0.05, 0.1) is 6.10 Å². The van der Waals surface area contributed by atoms with Crippen molar-refractivity contribution in [3.05, 3.63) is 0 Å². The number of hydrogen-bond donors (Lipinski definition) is 2. The van der Waals surface area contributed by atoms with Crippen LogP contribution in [0.1, 0.15) is 44.9 Å². The zero-order valence-corrected chi connectivity index (χ0v) is 10.3. The highest BCUT2D eigenvalue weighted by atomic mass is 16.5. The summed E-state index contributed by atoms with van der Waals surface area (Å²) in [6.45, 7) is 3.06.